The third-order valence-electron chi connectivity index (χ3n) is 8.05. The molecule has 1 heterocycles. The largest absolute Gasteiger partial charge is 0.480 e. The van der Waals surface area contributed by atoms with E-state index in [0.29, 0.717) is 37.8 Å². The molecule has 1 aliphatic heterocycles. The zero-order chi connectivity index (χ0) is 26.2. The summed E-state index contributed by atoms with van der Waals surface area (Å²) in [5.41, 5.74) is -0.0321. The second kappa shape index (κ2) is 10.0. The summed E-state index contributed by atoms with van der Waals surface area (Å²) in [6, 6.07) is 6.06. The molecule has 0 saturated heterocycles. The Hall–Kier alpha value is -2.22. The van der Waals surface area contributed by atoms with Gasteiger partial charge in [-0.25, -0.2) is 0 Å². The molecule has 0 spiro atoms. The van der Waals surface area contributed by atoms with Crippen LogP contribution in [0.25, 0.3) is 0 Å². The predicted octanol–water partition coefficient (Wildman–Crippen LogP) is 3.32. The van der Waals surface area contributed by atoms with Gasteiger partial charge in [0.05, 0.1) is 10.6 Å². The topological polar surface area (TPSA) is 144 Å². The van der Waals surface area contributed by atoms with Gasteiger partial charge in [-0.05, 0) is 49.1 Å². The number of fused-ring (bicyclic) bond motifs is 1. The maximum Gasteiger partial charge on any atom is 0.333 e. The van der Waals surface area contributed by atoms with Gasteiger partial charge in [-0.15, -0.1) is 0 Å². The number of carboxylic acids is 1. The lowest BCUT2D eigenvalue weighted by Gasteiger charge is -2.53. The van der Waals surface area contributed by atoms with Gasteiger partial charge in [0.15, 0.2) is 0 Å². The van der Waals surface area contributed by atoms with Crippen molar-refractivity contribution in [1.29, 1.82) is 0 Å². The fraction of sp³-hybridized carbons (Fsp3) is 0.640. The van der Waals surface area contributed by atoms with Gasteiger partial charge in [-0.1, -0.05) is 58.7 Å². The van der Waals surface area contributed by atoms with Crippen molar-refractivity contribution in [3.05, 3.63) is 29.8 Å². The van der Waals surface area contributed by atoms with Crippen molar-refractivity contribution in [2.24, 2.45) is 17.3 Å². The predicted molar refractivity (Wildman–Crippen MR) is 132 cm³/mol. The standard InChI is InChI=1S/C25H37N2O7P/c1-16(2)25(17(3)4,35(32,33)34)24(13-7-8-14-24)23(31)26-19-12-11-18-9-5-6-10-20(18)27(22(19)30)15-21(28)29/h5-6,9-10,16-17,19H,7-8,11-15H2,1-4H3,(H,26,31)(H,28,29)(H2,32,33,34)/t19-/m0/s1. The number of aliphatic carboxylic acids is 1. The van der Waals surface area contributed by atoms with Crippen molar-refractivity contribution in [2.75, 3.05) is 11.4 Å². The number of amides is 2. The lowest BCUT2D eigenvalue weighted by molar-refractivity contribution is -0.139. The quantitative estimate of drug-likeness (QED) is 0.394. The van der Waals surface area contributed by atoms with Crippen LogP contribution in [0.15, 0.2) is 24.3 Å². The van der Waals surface area contributed by atoms with E-state index in [1.807, 2.05) is 12.1 Å². The van der Waals surface area contributed by atoms with Crippen molar-refractivity contribution in [1.82, 2.24) is 5.32 Å². The molecule has 0 unspecified atom stereocenters. The fourth-order valence-electron chi connectivity index (χ4n) is 6.96. The highest BCUT2D eigenvalue weighted by Gasteiger charge is 2.68. The fourth-order valence-corrected chi connectivity index (χ4v) is 9.18. The van der Waals surface area contributed by atoms with E-state index in [4.69, 9.17) is 0 Å². The van der Waals surface area contributed by atoms with Crippen molar-refractivity contribution >= 4 is 31.1 Å². The van der Waals surface area contributed by atoms with Crippen LogP contribution in [0.3, 0.4) is 0 Å². The normalized spacial score (nSPS) is 20.6. The molecule has 1 saturated carbocycles. The van der Waals surface area contributed by atoms with Crippen LogP contribution in [-0.2, 0) is 25.4 Å². The van der Waals surface area contributed by atoms with Gasteiger partial charge in [0.25, 0.3) is 0 Å². The number of para-hydroxylation sites is 1. The van der Waals surface area contributed by atoms with E-state index >= 15 is 0 Å². The SMILES string of the molecule is CC(C)C(C(C)C)(C1(C(=O)N[C@H]2CCc3ccccc3N(CC(=O)O)C2=O)CCCC1)P(=O)(O)O. The molecule has 9 nitrogen and oxygen atoms in total. The molecule has 4 N–H and O–H groups in total. The molecule has 0 bridgehead atoms. The number of rotatable bonds is 8. The highest BCUT2D eigenvalue weighted by molar-refractivity contribution is 7.53. The van der Waals surface area contributed by atoms with Crippen molar-refractivity contribution in [3.63, 3.8) is 0 Å². The van der Waals surface area contributed by atoms with Crippen LogP contribution in [0.5, 0.6) is 0 Å². The Morgan fingerprint density at radius 3 is 2.23 bits per heavy atom. The summed E-state index contributed by atoms with van der Waals surface area (Å²) < 4.78 is 13.1. The first kappa shape index (κ1) is 27.4. The van der Waals surface area contributed by atoms with Crippen LogP contribution in [0, 0.1) is 17.3 Å². The van der Waals surface area contributed by atoms with E-state index in [0.717, 1.165) is 5.56 Å². The third kappa shape index (κ3) is 4.54. The van der Waals surface area contributed by atoms with Crippen molar-refractivity contribution in [3.8, 4) is 0 Å². The third-order valence-corrected chi connectivity index (χ3v) is 10.5. The highest BCUT2D eigenvalue weighted by atomic mass is 31.2. The smallest absolute Gasteiger partial charge is 0.333 e. The average molecular weight is 509 g/mol. The summed E-state index contributed by atoms with van der Waals surface area (Å²) in [4.78, 5) is 61.7. The first-order valence-electron chi connectivity index (χ1n) is 12.3. The molecule has 1 atom stereocenters. The van der Waals surface area contributed by atoms with E-state index in [2.05, 4.69) is 5.32 Å². The van der Waals surface area contributed by atoms with Crippen LogP contribution in [-0.4, -0.2) is 50.4 Å². The maximum absolute atomic E-state index is 14.1. The van der Waals surface area contributed by atoms with Gasteiger partial charge in [0.1, 0.15) is 12.6 Å². The zero-order valence-corrected chi connectivity index (χ0v) is 21.8. The number of carbonyl (C=O) groups is 3. The molecular weight excluding hydrogens is 471 g/mol. The van der Waals surface area contributed by atoms with E-state index in [9.17, 15) is 33.8 Å². The van der Waals surface area contributed by atoms with Gasteiger partial charge in [0.2, 0.25) is 11.8 Å². The van der Waals surface area contributed by atoms with Crippen molar-refractivity contribution < 1.29 is 33.8 Å². The number of carboxylic acid groups (broad SMARTS) is 1. The van der Waals surface area contributed by atoms with Crippen LogP contribution < -0.4 is 10.2 Å². The van der Waals surface area contributed by atoms with Gasteiger partial charge in [-0.3, -0.25) is 23.8 Å². The molecule has 1 aromatic carbocycles. The minimum absolute atomic E-state index is 0.264. The second-order valence-corrected chi connectivity index (χ2v) is 12.3. The van der Waals surface area contributed by atoms with E-state index in [-0.39, 0.29) is 6.42 Å². The van der Waals surface area contributed by atoms with E-state index < -0.39 is 60.4 Å². The van der Waals surface area contributed by atoms with Gasteiger partial charge in [-0.2, -0.15) is 0 Å². The monoisotopic (exact) mass is 508 g/mol. The number of nitrogens with one attached hydrogen (secondary N) is 1. The van der Waals surface area contributed by atoms with Gasteiger partial charge < -0.3 is 20.2 Å². The van der Waals surface area contributed by atoms with Crippen LogP contribution in [0.4, 0.5) is 5.69 Å². The summed E-state index contributed by atoms with van der Waals surface area (Å²) in [6.45, 7) is 6.43. The van der Waals surface area contributed by atoms with Crippen molar-refractivity contribution in [2.45, 2.75) is 77.4 Å². The van der Waals surface area contributed by atoms with Crippen LogP contribution in [0.2, 0.25) is 0 Å². The first-order chi connectivity index (χ1) is 16.3. The Balaban J connectivity index is 2.04. The van der Waals surface area contributed by atoms with Gasteiger partial charge in [0, 0.05) is 5.69 Å². The molecule has 35 heavy (non-hydrogen) atoms. The lowest BCUT2D eigenvalue weighted by atomic mass is 9.62. The maximum atomic E-state index is 14.1. The number of carbonyl (C=O) groups excluding carboxylic acids is 2. The molecule has 2 amide bonds. The van der Waals surface area contributed by atoms with Crippen LogP contribution in [0.1, 0.15) is 65.4 Å². The number of hydrogen-bond donors (Lipinski definition) is 4. The second-order valence-electron chi connectivity index (χ2n) is 10.5. The molecule has 0 aromatic heterocycles. The Morgan fingerprint density at radius 2 is 1.71 bits per heavy atom. The number of hydrogen-bond acceptors (Lipinski definition) is 4. The molecule has 3 rings (SSSR count). The molecule has 1 aliphatic carbocycles. The Kier molecular flexibility index (Phi) is 7.85. The van der Waals surface area contributed by atoms with E-state index in [1.165, 1.54) is 4.90 Å². The molecule has 2 aliphatic rings. The summed E-state index contributed by atoms with van der Waals surface area (Å²) in [6.07, 6.45) is 2.67. The summed E-state index contributed by atoms with van der Waals surface area (Å²) in [7, 11) is -4.78. The Labute approximate surface area is 206 Å². The molecule has 10 heteroatoms. The van der Waals surface area contributed by atoms with Gasteiger partial charge >= 0.3 is 13.6 Å². The van der Waals surface area contributed by atoms with E-state index in [1.54, 1.807) is 39.8 Å². The van der Waals surface area contributed by atoms with Crippen LogP contribution >= 0.6 is 7.60 Å². The highest BCUT2D eigenvalue weighted by Crippen LogP contribution is 2.70. The molecule has 1 fully saturated rings. The molecule has 1 aromatic rings. The Morgan fingerprint density at radius 1 is 1.14 bits per heavy atom. The lowest BCUT2D eigenvalue weighted by Crippen LogP contribution is -2.63. The molecule has 0 radical (unpaired) electrons. The summed E-state index contributed by atoms with van der Waals surface area (Å²) >= 11 is 0. The number of nitrogens with zero attached hydrogens (tertiary/aromatic N) is 1. The Bertz CT molecular complexity index is 1020. The molecular formula is C25H37N2O7P. The average Bonchev–Trinajstić information content (AvgIpc) is 3.20. The summed E-state index contributed by atoms with van der Waals surface area (Å²) in [5, 5.41) is 10.7. The first-order valence-corrected chi connectivity index (χ1v) is 13.9. The summed E-state index contributed by atoms with van der Waals surface area (Å²) in [5.74, 6) is -3.22. The number of aryl methyl sites for hydroxylation is 1. The minimum atomic E-state index is -4.78. The number of anilines is 1. The number of benzene rings is 1. The molecule has 194 valence electrons. The minimum Gasteiger partial charge on any atom is -0.480 e. The zero-order valence-electron chi connectivity index (χ0n) is 20.9.